The third-order valence-corrected chi connectivity index (χ3v) is 5.17. The summed E-state index contributed by atoms with van der Waals surface area (Å²) in [4.78, 5) is 0.0606. The molecule has 3 rings (SSSR count). The molecule has 0 radical (unpaired) electrons. The first-order valence-electron chi connectivity index (χ1n) is 8.62. The number of rotatable bonds is 4. The third-order valence-electron chi connectivity index (χ3n) is 4.26. The Hall–Kier alpha value is -2.64. The molecule has 2 aromatic carbocycles. The predicted molar refractivity (Wildman–Crippen MR) is 108 cm³/mol. The molecule has 0 atom stereocenters. The van der Waals surface area contributed by atoms with Crippen LogP contribution in [0.15, 0.2) is 59.5 Å². The number of sulfonamides is 1. The molecule has 7 heteroatoms. The van der Waals surface area contributed by atoms with E-state index in [-0.39, 0.29) is 10.3 Å². The summed E-state index contributed by atoms with van der Waals surface area (Å²) in [6.45, 7) is 8.33. The van der Waals surface area contributed by atoms with E-state index in [1.807, 2.05) is 41.9 Å². The van der Waals surface area contributed by atoms with Gasteiger partial charge < -0.3 is 5.32 Å². The molecular formula is C20H24N4O2S. The Labute approximate surface area is 160 Å². The zero-order valence-corrected chi connectivity index (χ0v) is 16.7. The molecule has 0 fully saturated rings. The smallest absolute Gasteiger partial charge is 0.238 e. The number of nitrogens with one attached hydrogen (secondary N) is 1. The van der Waals surface area contributed by atoms with Crippen molar-refractivity contribution in [2.75, 3.05) is 5.32 Å². The Balaban J connectivity index is 2.10. The van der Waals surface area contributed by atoms with E-state index < -0.39 is 10.0 Å². The molecular weight excluding hydrogens is 360 g/mol. The lowest BCUT2D eigenvalue weighted by molar-refractivity contribution is 0.560. The zero-order valence-electron chi connectivity index (χ0n) is 15.9. The topological polar surface area (TPSA) is 90.0 Å². The van der Waals surface area contributed by atoms with Gasteiger partial charge in [0.25, 0.3) is 0 Å². The number of hydrogen-bond acceptors (Lipinski definition) is 4. The summed E-state index contributed by atoms with van der Waals surface area (Å²) in [5, 5.41) is 13.3. The van der Waals surface area contributed by atoms with E-state index in [0.29, 0.717) is 5.69 Å². The fraction of sp³-hybridized carbons (Fsp3) is 0.250. The van der Waals surface area contributed by atoms with Crippen LogP contribution in [0.1, 0.15) is 32.0 Å². The second-order valence-electron chi connectivity index (χ2n) is 7.56. The highest BCUT2D eigenvalue weighted by Gasteiger charge is 2.21. The molecule has 27 heavy (non-hydrogen) atoms. The minimum atomic E-state index is -3.77. The number of primary sulfonamides is 1. The summed E-state index contributed by atoms with van der Waals surface area (Å²) in [5.74, 6) is 0.751. The Kier molecular flexibility index (Phi) is 4.84. The second kappa shape index (κ2) is 6.83. The van der Waals surface area contributed by atoms with Crippen LogP contribution in [0, 0.1) is 6.92 Å². The van der Waals surface area contributed by atoms with E-state index in [4.69, 9.17) is 10.2 Å². The molecule has 0 saturated heterocycles. The van der Waals surface area contributed by atoms with Gasteiger partial charge in [0.05, 0.1) is 16.3 Å². The Morgan fingerprint density at radius 2 is 1.74 bits per heavy atom. The molecule has 1 aromatic heterocycles. The van der Waals surface area contributed by atoms with Gasteiger partial charge >= 0.3 is 0 Å². The highest BCUT2D eigenvalue weighted by molar-refractivity contribution is 7.89. The highest BCUT2D eigenvalue weighted by atomic mass is 32.2. The van der Waals surface area contributed by atoms with Crippen molar-refractivity contribution in [2.45, 2.75) is 38.0 Å². The maximum absolute atomic E-state index is 11.6. The molecule has 0 aliphatic carbocycles. The molecule has 1 heterocycles. The van der Waals surface area contributed by atoms with Crippen molar-refractivity contribution >= 4 is 21.5 Å². The molecule has 142 valence electrons. The first kappa shape index (κ1) is 19.1. The first-order chi connectivity index (χ1) is 12.6. The van der Waals surface area contributed by atoms with Crippen LogP contribution in [0.25, 0.3) is 5.69 Å². The minimum Gasteiger partial charge on any atom is -0.340 e. The van der Waals surface area contributed by atoms with Crippen molar-refractivity contribution in [3.63, 3.8) is 0 Å². The normalized spacial score (nSPS) is 12.2. The fourth-order valence-corrected chi connectivity index (χ4v) is 3.28. The lowest BCUT2D eigenvalue weighted by Gasteiger charge is -2.14. The Morgan fingerprint density at radius 3 is 2.37 bits per heavy atom. The zero-order chi connectivity index (χ0) is 19.8. The largest absolute Gasteiger partial charge is 0.340 e. The fourth-order valence-electron chi connectivity index (χ4n) is 2.72. The molecule has 6 nitrogen and oxygen atoms in total. The SMILES string of the molecule is Cc1ccccc1-n1nc(C(C)(C)C)cc1Nc1cccc(S(N)(=O)=O)c1. The van der Waals surface area contributed by atoms with Gasteiger partial charge in [-0.2, -0.15) is 5.10 Å². The second-order valence-corrected chi connectivity index (χ2v) is 9.12. The van der Waals surface area contributed by atoms with Gasteiger partial charge in [0.1, 0.15) is 5.82 Å². The minimum absolute atomic E-state index is 0.0606. The number of para-hydroxylation sites is 1. The van der Waals surface area contributed by atoms with Crippen LogP contribution in [0.2, 0.25) is 0 Å². The van der Waals surface area contributed by atoms with Crippen LogP contribution in [-0.2, 0) is 15.4 Å². The first-order valence-corrected chi connectivity index (χ1v) is 10.2. The van der Waals surface area contributed by atoms with Gasteiger partial charge in [-0.1, -0.05) is 45.0 Å². The van der Waals surface area contributed by atoms with E-state index in [1.54, 1.807) is 12.1 Å². The van der Waals surface area contributed by atoms with Crippen molar-refractivity contribution in [1.29, 1.82) is 0 Å². The quantitative estimate of drug-likeness (QED) is 0.714. The average Bonchev–Trinajstić information content (AvgIpc) is 2.99. The number of anilines is 2. The number of aryl methyl sites for hydroxylation is 1. The monoisotopic (exact) mass is 384 g/mol. The van der Waals surface area contributed by atoms with Gasteiger partial charge in [-0.15, -0.1) is 0 Å². The molecule has 3 N–H and O–H groups in total. The van der Waals surface area contributed by atoms with Gasteiger partial charge in [0.2, 0.25) is 10.0 Å². The van der Waals surface area contributed by atoms with E-state index >= 15 is 0 Å². The molecule has 0 unspecified atom stereocenters. The van der Waals surface area contributed by atoms with Crippen molar-refractivity contribution in [1.82, 2.24) is 9.78 Å². The van der Waals surface area contributed by atoms with Gasteiger partial charge in [-0.25, -0.2) is 18.2 Å². The lowest BCUT2D eigenvalue weighted by atomic mass is 9.92. The van der Waals surface area contributed by atoms with E-state index in [1.165, 1.54) is 12.1 Å². The van der Waals surface area contributed by atoms with E-state index in [9.17, 15) is 8.42 Å². The number of nitrogens with zero attached hydrogens (tertiary/aromatic N) is 2. The summed E-state index contributed by atoms with van der Waals surface area (Å²) in [6.07, 6.45) is 0. The van der Waals surface area contributed by atoms with Crippen LogP contribution >= 0.6 is 0 Å². The predicted octanol–water partition coefficient (Wildman–Crippen LogP) is 3.87. The van der Waals surface area contributed by atoms with Crippen LogP contribution in [0.5, 0.6) is 0 Å². The van der Waals surface area contributed by atoms with Crippen molar-refractivity contribution in [3.05, 3.63) is 65.9 Å². The van der Waals surface area contributed by atoms with Crippen LogP contribution in [-0.4, -0.2) is 18.2 Å². The summed E-state index contributed by atoms with van der Waals surface area (Å²) in [6, 6.07) is 16.4. The summed E-state index contributed by atoms with van der Waals surface area (Å²) in [5.41, 5.74) is 3.46. The van der Waals surface area contributed by atoms with Gasteiger partial charge in [-0.3, -0.25) is 0 Å². The number of hydrogen-bond donors (Lipinski definition) is 2. The third kappa shape index (κ3) is 4.20. The standard InChI is InChI=1S/C20H24N4O2S/c1-14-8-5-6-11-17(14)24-19(13-18(23-24)20(2,3)4)22-15-9-7-10-16(12-15)27(21,25)26/h5-13,22H,1-4H3,(H2,21,25,26). The molecule has 0 saturated carbocycles. The highest BCUT2D eigenvalue weighted by Crippen LogP contribution is 2.29. The Bertz CT molecular complexity index is 1080. The maximum Gasteiger partial charge on any atom is 0.238 e. The van der Waals surface area contributed by atoms with Gasteiger partial charge in [0.15, 0.2) is 0 Å². The van der Waals surface area contributed by atoms with Crippen molar-refractivity contribution in [3.8, 4) is 5.69 Å². The summed E-state index contributed by atoms with van der Waals surface area (Å²) < 4.78 is 25.1. The summed E-state index contributed by atoms with van der Waals surface area (Å²) in [7, 11) is -3.77. The Morgan fingerprint density at radius 1 is 1.04 bits per heavy atom. The maximum atomic E-state index is 11.6. The summed E-state index contributed by atoms with van der Waals surface area (Å²) >= 11 is 0. The van der Waals surface area contributed by atoms with Crippen LogP contribution < -0.4 is 10.5 Å². The van der Waals surface area contributed by atoms with Crippen LogP contribution in [0.4, 0.5) is 11.5 Å². The van der Waals surface area contributed by atoms with E-state index in [2.05, 4.69) is 26.1 Å². The van der Waals surface area contributed by atoms with Gasteiger partial charge in [-0.05, 0) is 36.8 Å². The van der Waals surface area contributed by atoms with Crippen molar-refractivity contribution in [2.24, 2.45) is 5.14 Å². The van der Waals surface area contributed by atoms with Crippen molar-refractivity contribution < 1.29 is 8.42 Å². The molecule has 0 spiro atoms. The molecule has 0 bridgehead atoms. The molecule has 0 amide bonds. The number of aromatic nitrogens is 2. The van der Waals surface area contributed by atoms with Gasteiger partial charge in [0, 0.05) is 17.2 Å². The average molecular weight is 385 g/mol. The van der Waals surface area contributed by atoms with Crippen LogP contribution in [0.3, 0.4) is 0 Å². The number of benzene rings is 2. The van der Waals surface area contributed by atoms with E-state index in [0.717, 1.165) is 22.8 Å². The molecule has 3 aromatic rings. The lowest BCUT2D eigenvalue weighted by Crippen LogP contribution is -2.13. The number of nitrogens with two attached hydrogens (primary N) is 1. The molecule has 0 aliphatic heterocycles. The molecule has 0 aliphatic rings.